The molecule has 0 atom stereocenters. The van der Waals surface area contributed by atoms with Crippen LogP contribution in [0, 0.1) is 0 Å². The minimum Gasteiger partial charge on any atom is -0.497 e. The third-order valence-electron chi connectivity index (χ3n) is 5.65. The van der Waals surface area contributed by atoms with Crippen LogP contribution in [-0.2, 0) is 0 Å². The number of benzene rings is 3. The molecule has 0 spiro atoms. The lowest BCUT2D eigenvalue weighted by atomic mass is 10.2. The highest BCUT2D eigenvalue weighted by atomic mass is 35.5. The largest absolute Gasteiger partial charge is 0.497 e. The molecule has 1 aromatic heterocycles. The summed E-state index contributed by atoms with van der Waals surface area (Å²) in [6.07, 6.45) is 0. The van der Waals surface area contributed by atoms with Gasteiger partial charge in [-0.05, 0) is 61.6 Å². The number of hydrogen-bond donors (Lipinski definition) is 0. The topological polar surface area (TPSA) is 54.9 Å². The first-order valence-corrected chi connectivity index (χ1v) is 12.2. The maximum atomic E-state index is 13.7. The summed E-state index contributed by atoms with van der Waals surface area (Å²) in [6, 6.07) is 22.6. The van der Waals surface area contributed by atoms with Gasteiger partial charge in [-0.15, -0.1) is 12.4 Å². The number of thiazole rings is 1. The molecule has 1 heterocycles. The summed E-state index contributed by atoms with van der Waals surface area (Å²) in [5.41, 5.74) is 1.41. The van der Waals surface area contributed by atoms with E-state index in [0.29, 0.717) is 23.0 Å². The molecule has 6 nitrogen and oxygen atoms in total. The van der Waals surface area contributed by atoms with Crippen molar-refractivity contribution in [2.45, 2.75) is 13.8 Å². The molecule has 0 aliphatic rings. The fourth-order valence-corrected chi connectivity index (χ4v) is 4.69. The van der Waals surface area contributed by atoms with Gasteiger partial charge in [0.15, 0.2) is 5.13 Å². The Morgan fingerprint density at radius 3 is 2.34 bits per heavy atom. The zero-order valence-corrected chi connectivity index (χ0v) is 21.8. The molecule has 0 saturated carbocycles. The van der Waals surface area contributed by atoms with Gasteiger partial charge >= 0.3 is 0 Å². The number of carbonyl (C=O) groups excluding carboxylic acids is 1. The molecular weight excluding hydrogens is 482 g/mol. The van der Waals surface area contributed by atoms with Crippen LogP contribution in [0.2, 0.25) is 0 Å². The number of hydrogen-bond acceptors (Lipinski definition) is 6. The van der Waals surface area contributed by atoms with Crippen LogP contribution in [0.3, 0.4) is 0 Å². The number of fused-ring (bicyclic) bond motifs is 1. The Morgan fingerprint density at radius 1 is 0.886 bits per heavy atom. The van der Waals surface area contributed by atoms with Crippen molar-refractivity contribution in [2.24, 2.45) is 0 Å². The quantitative estimate of drug-likeness (QED) is 0.243. The van der Waals surface area contributed by atoms with Gasteiger partial charge in [-0.25, -0.2) is 4.98 Å². The van der Waals surface area contributed by atoms with E-state index in [1.54, 1.807) is 18.1 Å². The predicted molar refractivity (Wildman–Crippen MR) is 146 cm³/mol. The highest BCUT2D eigenvalue weighted by Crippen LogP contribution is 2.32. The average molecular weight is 512 g/mol. The summed E-state index contributed by atoms with van der Waals surface area (Å²) in [6.45, 7) is 7.42. The number of anilines is 1. The molecule has 0 aliphatic heterocycles. The number of methoxy groups -OCH3 is 1. The van der Waals surface area contributed by atoms with E-state index in [9.17, 15) is 4.79 Å². The van der Waals surface area contributed by atoms with Crippen molar-refractivity contribution >= 4 is 45.0 Å². The molecule has 1 amide bonds. The zero-order valence-electron chi connectivity index (χ0n) is 20.1. The van der Waals surface area contributed by atoms with Crippen LogP contribution < -0.4 is 14.4 Å². The Kier molecular flexibility index (Phi) is 9.48. The van der Waals surface area contributed by atoms with Gasteiger partial charge in [-0.2, -0.15) is 0 Å². The Bertz CT molecular complexity index is 1240. The van der Waals surface area contributed by atoms with E-state index in [0.717, 1.165) is 41.3 Å². The molecule has 0 fully saturated rings. The number of carbonyl (C=O) groups is 1. The molecule has 35 heavy (non-hydrogen) atoms. The maximum Gasteiger partial charge on any atom is 0.260 e. The molecular formula is C27H30ClN3O3S. The van der Waals surface area contributed by atoms with Gasteiger partial charge in [0, 0.05) is 18.7 Å². The van der Waals surface area contributed by atoms with Crippen molar-refractivity contribution in [1.82, 2.24) is 9.88 Å². The van der Waals surface area contributed by atoms with Crippen LogP contribution in [-0.4, -0.2) is 49.1 Å². The zero-order chi connectivity index (χ0) is 23.9. The minimum atomic E-state index is -0.100. The molecule has 0 saturated heterocycles. The van der Waals surface area contributed by atoms with Crippen LogP contribution in [0.5, 0.6) is 17.2 Å². The van der Waals surface area contributed by atoms with Crippen LogP contribution in [0.25, 0.3) is 10.2 Å². The third kappa shape index (κ3) is 6.51. The first kappa shape index (κ1) is 26.5. The van der Waals surface area contributed by atoms with E-state index in [4.69, 9.17) is 14.5 Å². The van der Waals surface area contributed by atoms with E-state index in [1.807, 2.05) is 66.7 Å². The molecule has 0 N–H and O–H groups in total. The van der Waals surface area contributed by atoms with Crippen molar-refractivity contribution in [2.75, 3.05) is 38.2 Å². The molecule has 8 heteroatoms. The number of rotatable bonds is 10. The first-order chi connectivity index (χ1) is 16.6. The summed E-state index contributed by atoms with van der Waals surface area (Å²) in [5, 5.41) is 0.676. The lowest BCUT2D eigenvalue weighted by Gasteiger charge is -2.25. The Hall–Kier alpha value is -3.13. The summed E-state index contributed by atoms with van der Waals surface area (Å²) in [5.74, 6) is 2.02. The molecule has 4 rings (SSSR count). The van der Waals surface area contributed by atoms with Gasteiger partial charge in [0.25, 0.3) is 5.91 Å². The van der Waals surface area contributed by atoms with E-state index >= 15 is 0 Å². The second-order valence-corrected chi connectivity index (χ2v) is 8.77. The highest BCUT2D eigenvalue weighted by Gasteiger charge is 2.22. The Balaban J connectivity index is 0.00000342. The van der Waals surface area contributed by atoms with E-state index in [2.05, 4.69) is 18.7 Å². The molecule has 0 aliphatic carbocycles. The lowest BCUT2D eigenvalue weighted by molar-refractivity contribution is 0.0983. The summed E-state index contributed by atoms with van der Waals surface area (Å²) in [4.78, 5) is 22.6. The normalized spacial score (nSPS) is 10.7. The van der Waals surface area contributed by atoms with Gasteiger partial charge in [-0.3, -0.25) is 9.69 Å². The monoisotopic (exact) mass is 511 g/mol. The first-order valence-electron chi connectivity index (χ1n) is 11.4. The Morgan fingerprint density at radius 2 is 1.63 bits per heavy atom. The number of likely N-dealkylation sites (N-methyl/N-ethyl adjacent to an activating group) is 1. The smallest absolute Gasteiger partial charge is 0.260 e. The van der Waals surface area contributed by atoms with Gasteiger partial charge in [0.05, 0.1) is 17.3 Å². The molecule has 0 unspecified atom stereocenters. The summed E-state index contributed by atoms with van der Waals surface area (Å²) < 4.78 is 12.3. The maximum absolute atomic E-state index is 13.7. The second-order valence-electron chi connectivity index (χ2n) is 7.76. The summed E-state index contributed by atoms with van der Waals surface area (Å²) >= 11 is 1.50. The van der Waals surface area contributed by atoms with E-state index in [1.165, 1.54) is 11.3 Å². The van der Waals surface area contributed by atoms with E-state index < -0.39 is 0 Å². The second kappa shape index (κ2) is 12.5. The molecule has 0 bridgehead atoms. The lowest BCUT2D eigenvalue weighted by Crippen LogP contribution is -2.38. The Labute approximate surface area is 216 Å². The number of halogens is 1. The fraction of sp³-hybridized carbons (Fsp3) is 0.259. The van der Waals surface area contributed by atoms with Crippen LogP contribution >= 0.6 is 23.7 Å². The van der Waals surface area contributed by atoms with Crippen molar-refractivity contribution in [3.05, 3.63) is 78.4 Å². The number of nitrogens with zero attached hydrogens (tertiary/aromatic N) is 3. The van der Waals surface area contributed by atoms with Gasteiger partial charge in [-0.1, -0.05) is 49.4 Å². The van der Waals surface area contributed by atoms with Gasteiger partial charge in [0.1, 0.15) is 17.2 Å². The molecule has 184 valence electrons. The molecule has 4 aromatic rings. The molecule has 3 aromatic carbocycles. The number of ether oxygens (including phenoxy) is 2. The minimum absolute atomic E-state index is 0. The number of amides is 1. The molecule has 0 radical (unpaired) electrons. The third-order valence-corrected chi connectivity index (χ3v) is 6.70. The van der Waals surface area contributed by atoms with Crippen LogP contribution in [0.4, 0.5) is 5.13 Å². The van der Waals surface area contributed by atoms with Gasteiger partial charge in [0.2, 0.25) is 0 Å². The standard InChI is InChI=1S/C27H29N3O3S.ClH/c1-4-29(5-2)16-17-30(27-28-24-15-14-22(32-3)19-25(24)34-27)26(31)20-10-9-13-23(18-20)33-21-11-7-6-8-12-21;/h6-15,18-19H,4-5,16-17H2,1-3H3;1H. The fourth-order valence-electron chi connectivity index (χ4n) is 3.67. The number of para-hydroxylation sites is 1. The van der Waals surface area contributed by atoms with Crippen LogP contribution in [0.15, 0.2) is 72.8 Å². The van der Waals surface area contributed by atoms with Crippen LogP contribution in [0.1, 0.15) is 24.2 Å². The van der Waals surface area contributed by atoms with E-state index in [-0.39, 0.29) is 18.3 Å². The average Bonchev–Trinajstić information content (AvgIpc) is 3.30. The van der Waals surface area contributed by atoms with Crippen molar-refractivity contribution < 1.29 is 14.3 Å². The van der Waals surface area contributed by atoms with Crippen molar-refractivity contribution in [1.29, 1.82) is 0 Å². The van der Waals surface area contributed by atoms with Crippen molar-refractivity contribution in [3.63, 3.8) is 0 Å². The van der Waals surface area contributed by atoms with Gasteiger partial charge < -0.3 is 14.4 Å². The summed E-state index contributed by atoms with van der Waals surface area (Å²) in [7, 11) is 1.65. The number of aromatic nitrogens is 1. The highest BCUT2D eigenvalue weighted by molar-refractivity contribution is 7.22. The SMILES string of the molecule is CCN(CC)CCN(C(=O)c1cccc(Oc2ccccc2)c1)c1nc2ccc(OC)cc2s1.Cl. The predicted octanol–water partition coefficient (Wildman–Crippen LogP) is 6.51. The van der Waals surface area contributed by atoms with Crippen molar-refractivity contribution in [3.8, 4) is 17.2 Å².